The average molecular weight is 469 g/mol. The SMILES string of the molecule is COc1ccc(-c2cnn3c(SCC(=O)Nc4ccc(Cl)cc4)cc(C)nc23)cc1OC. The number of thioether (sulfide) groups is 1. The zero-order valence-corrected chi connectivity index (χ0v) is 19.3. The van der Waals surface area contributed by atoms with Gasteiger partial charge in [-0.15, -0.1) is 0 Å². The van der Waals surface area contributed by atoms with Gasteiger partial charge in [0.1, 0.15) is 5.03 Å². The number of fused-ring (bicyclic) bond motifs is 1. The van der Waals surface area contributed by atoms with Crippen molar-refractivity contribution in [2.24, 2.45) is 0 Å². The van der Waals surface area contributed by atoms with Crippen molar-refractivity contribution in [3.63, 3.8) is 0 Å². The number of carbonyl (C=O) groups excluding carboxylic acids is 1. The van der Waals surface area contributed by atoms with Gasteiger partial charge in [0.15, 0.2) is 17.1 Å². The number of amides is 1. The molecule has 0 saturated carbocycles. The average Bonchev–Trinajstić information content (AvgIpc) is 3.22. The summed E-state index contributed by atoms with van der Waals surface area (Å²) < 4.78 is 12.5. The number of rotatable bonds is 7. The van der Waals surface area contributed by atoms with E-state index < -0.39 is 0 Å². The van der Waals surface area contributed by atoms with E-state index in [0.717, 1.165) is 21.8 Å². The minimum atomic E-state index is -0.118. The van der Waals surface area contributed by atoms with E-state index in [1.807, 2.05) is 31.2 Å². The molecule has 4 aromatic rings. The lowest BCUT2D eigenvalue weighted by atomic mass is 10.1. The number of benzene rings is 2. The van der Waals surface area contributed by atoms with Crippen LogP contribution in [0.15, 0.2) is 59.8 Å². The summed E-state index contributed by atoms with van der Waals surface area (Å²) >= 11 is 7.29. The van der Waals surface area contributed by atoms with Gasteiger partial charge in [0.25, 0.3) is 0 Å². The van der Waals surface area contributed by atoms with Gasteiger partial charge in [0, 0.05) is 22.0 Å². The standard InChI is InChI=1S/C23H21ClN4O3S/c1-14-10-22(32-13-21(29)27-17-7-5-16(24)6-8-17)28-23(26-14)18(12-25-28)15-4-9-19(30-2)20(11-15)31-3/h4-12H,13H2,1-3H3,(H,27,29). The number of hydrogen-bond donors (Lipinski definition) is 1. The smallest absolute Gasteiger partial charge is 0.234 e. The Morgan fingerprint density at radius 3 is 2.56 bits per heavy atom. The fourth-order valence-corrected chi connectivity index (χ4v) is 4.22. The third-order valence-electron chi connectivity index (χ3n) is 4.74. The van der Waals surface area contributed by atoms with Gasteiger partial charge < -0.3 is 14.8 Å². The van der Waals surface area contributed by atoms with E-state index in [1.54, 1.807) is 49.2 Å². The second kappa shape index (κ2) is 9.50. The van der Waals surface area contributed by atoms with Crippen LogP contribution in [0.5, 0.6) is 11.5 Å². The zero-order chi connectivity index (χ0) is 22.7. The first-order chi connectivity index (χ1) is 15.5. The van der Waals surface area contributed by atoms with Gasteiger partial charge in [-0.2, -0.15) is 5.10 Å². The summed E-state index contributed by atoms with van der Waals surface area (Å²) in [5.74, 6) is 1.39. The lowest BCUT2D eigenvalue weighted by Crippen LogP contribution is -2.14. The predicted octanol–water partition coefficient (Wildman–Crippen LogP) is 5.11. The van der Waals surface area contributed by atoms with Gasteiger partial charge in [-0.05, 0) is 55.0 Å². The largest absolute Gasteiger partial charge is 0.493 e. The molecule has 1 amide bonds. The van der Waals surface area contributed by atoms with Crippen LogP contribution in [0.3, 0.4) is 0 Å². The molecule has 32 heavy (non-hydrogen) atoms. The first-order valence-corrected chi connectivity index (χ1v) is 11.1. The summed E-state index contributed by atoms with van der Waals surface area (Å²) in [6.07, 6.45) is 1.76. The Balaban J connectivity index is 1.58. The van der Waals surface area contributed by atoms with Crippen molar-refractivity contribution in [3.05, 3.63) is 65.4 Å². The quantitative estimate of drug-likeness (QED) is 0.300. The van der Waals surface area contributed by atoms with Crippen molar-refractivity contribution in [2.45, 2.75) is 11.9 Å². The first kappa shape index (κ1) is 22.0. The molecule has 0 fully saturated rings. The number of methoxy groups -OCH3 is 2. The molecular weight excluding hydrogens is 448 g/mol. The summed E-state index contributed by atoms with van der Waals surface area (Å²) in [5.41, 5.74) is 4.01. The number of aromatic nitrogens is 3. The summed E-state index contributed by atoms with van der Waals surface area (Å²) in [4.78, 5) is 17.1. The lowest BCUT2D eigenvalue weighted by Gasteiger charge is -2.10. The van der Waals surface area contributed by atoms with Crippen LogP contribution >= 0.6 is 23.4 Å². The number of aryl methyl sites for hydroxylation is 1. The molecule has 2 aromatic heterocycles. The third kappa shape index (κ3) is 4.66. The minimum absolute atomic E-state index is 0.118. The number of nitrogens with one attached hydrogen (secondary N) is 1. The number of ether oxygens (including phenoxy) is 2. The fraction of sp³-hybridized carbons (Fsp3) is 0.174. The number of nitrogens with zero attached hydrogens (tertiary/aromatic N) is 3. The molecule has 164 valence electrons. The second-order valence-electron chi connectivity index (χ2n) is 6.94. The molecule has 0 saturated heterocycles. The first-order valence-electron chi connectivity index (χ1n) is 9.74. The molecule has 9 heteroatoms. The molecule has 0 radical (unpaired) electrons. The maximum absolute atomic E-state index is 12.4. The zero-order valence-electron chi connectivity index (χ0n) is 17.8. The Morgan fingerprint density at radius 2 is 1.84 bits per heavy atom. The summed E-state index contributed by atoms with van der Waals surface area (Å²) in [6.45, 7) is 1.92. The molecule has 0 aliphatic rings. The van der Waals surface area contributed by atoms with E-state index in [1.165, 1.54) is 11.8 Å². The predicted molar refractivity (Wildman–Crippen MR) is 127 cm³/mol. The molecule has 0 spiro atoms. The van der Waals surface area contributed by atoms with Crippen LogP contribution < -0.4 is 14.8 Å². The van der Waals surface area contributed by atoms with Crippen LogP contribution in [0.2, 0.25) is 5.02 Å². The second-order valence-corrected chi connectivity index (χ2v) is 8.37. The van der Waals surface area contributed by atoms with Crippen LogP contribution in [0.1, 0.15) is 5.69 Å². The summed E-state index contributed by atoms with van der Waals surface area (Å²) in [7, 11) is 3.20. The van der Waals surface area contributed by atoms with Crippen molar-refractivity contribution < 1.29 is 14.3 Å². The maximum Gasteiger partial charge on any atom is 0.234 e. The van der Waals surface area contributed by atoms with E-state index >= 15 is 0 Å². The monoisotopic (exact) mass is 468 g/mol. The molecule has 0 aliphatic carbocycles. The Hall–Kier alpha value is -3.23. The Labute approximate surface area is 194 Å². The summed E-state index contributed by atoms with van der Waals surface area (Å²) in [6, 6.07) is 14.6. The highest BCUT2D eigenvalue weighted by Crippen LogP contribution is 2.34. The lowest BCUT2D eigenvalue weighted by molar-refractivity contribution is -0.113. The van der Waals surface area contributed by atoms with E-state index in [0.29, 0.717) is 27.9 Å². The van der Waals surface area contributed by atoms with Crippen LogP contribution in [-0.2, 0) is 4.79 Å². The van der Waals surface area contributed by atoms with Crippen LogP contribution in [0.25, 0.3) is 16.8 Å². The molecule has 0 atom stereocenters. The van der Waals surface area contributed by atoms with Gasteiger partial charge >= 0.3 is 0 Å². The van der Waals surface area contributed by atoms with Gasteiger partial charge in [-0.1, -0.05) is 29.4 Å². The Bertz CT molecular complexity index is 1270. The Morgan fingerprint density at radius 1 is 1.09 bits per heavy atom. The molecule has 2 heterocycles. The van der Waals surface area contributed by atoms with Crippen LogP contribution in [0, 0.1) is 6.92 Å². The highest BCUT2D eigenvalue weighted by Gasteiger charge is 2.15. The summed E-state index contributed by atoms with van der Waals surface area (Å²) in [5, 5.41) is 8.83. The van der Waals surface area contributed by atoms with Crippen LogP contribution in [-0.4, -0.2) is 40.5 Å². The maximum atomic E-state index is 12.4. The van der Waals surface area contributed by atoms with Crippen molar-refractivity contribution >= 4 is 40.6 Å². The molecule has 1 N–H and O–H groups in total. The molecule has 0 unspecified atom stereocenters. The molecule has 2 aromatic carbocycles. The van der Waals surface area contributed by atoms with E-state index in [4.69, 9.17) is 21.1 Å². The minimum Gasteiger partial charge on any atom is -0.493 e. The number of halogens is 1. The molecule has 0 bridgehead atoms. The molecule has 4 rings (SSSR count). The van der Waals surface area contributed by atoms with Gasteiger partial charge in [-0.25, -0.2) is 9.50 Å². The highest BCUT2D eigenvalue weighted by molar-refractivity contribution is 7.99. The van der Waals surface area contributed by atoms with Crippen molar-refractivity contribution in [3.8, 4) is 22.6 Å². The van der Waals surface area contributed by atoms with Crippen molar-refractivity contribution in [1.82, 2.24) is 14.6 Å². The van der Waals surface area contributed by atoms with Crippen molar-refractivity contribution in [1.29, 1.82) is 0 Å². The molecule has 0 aliphatic heterocycles. The van der Waals surface area contributed by atoms with E-state index in [2.05, 4.69) is 15.4 Å². The Kier molecular flexibility index (Phi) is 6.53. The van der Waals surface area contributed by atoms with Crippen LogP contribution in [0.4, 0.5) is 5.69 Å². The molecule has 7 nitrogen and oxygen atoms in total. The van der Waals surface area contributed by atoms with E-state index in [-0.39, 0.29) is 11.7 Å². The molecular formula is C23H21ClN4O3S. The van der Waals surface area contributed by atoms with Gasteiger partial charge in [0.2, 0.25) is 5.91 Å². The van der Waals surface area contributed by atoms with Gasteiger partial charge in [0.05, 0.1) is 26.2 Å². The number of hydrogen-bond acceptors (Lipinski definition) is 6. The van der Waals surface area contributed by atoms with Gasteiger partial charge in [-0.3, -0.25) is 4.79 Å². The van der Waals surface area contributed by atoms with Crippen molar-refractivity contribution in [2.75, 3.05) is 25.3 Å². The topological polar surface area (TPSA) is 77.8 Å². The normalized spacial score (nSPS) is 10.9. The van der Waals surface area contributed by atoms with E-state index in [9.17, 15) is 4.79 Å². The fourth-order valence-electron chi connectivity index (χ4n) is 3.23. The highest BCUT2D eigenvalue weighted by atomic mass is 35.5. The third-order valence-corrected chi connectivity index (χ3v) is 5.99. The number of carbonyl (C=O) groups is 1. The number of anilines is 1.